The van der Waals surface area contributed by atoms with E-state index in [-0.39, 0.29) is 25.2 Å². The molecule has 0 spiro atoms. The number of amides is 2. The molecule has 1 atom stereocenters. The first-order chi connectivity index (χ1) is 13.1. The maximum Gasteiger partial charge on any atom is 0.219 e. The molecule has 5 nitrogen and oxygen atoms in total. The number of alkyl halides is 2. The van der Waals surface area contributed by atoms with Crippen LogP contribution < -0.4 is 10.6 Å². The monoisotopic (exact) mass is 392 g/mol. The van der Waals surface area contributed by atoms with Crippen LogP contribution in [-0.2, 0) is 9.59 Å². The molecule has 2 amide bonds. The van der Waals surface area contributed by atoms with Crippen molar-refractivity contribution in [2.75, 3.05) is 26.4 Å². The van der Waals surface area contributed by atoms with Gasteiger partial charge in [-0.2, -0.15) is 0 Å². The van der Waals surface area contributed by atoms with Gasteiger partial charge < -0.3 is 15.7 Å². The standard InChI is InChI=1S/C20H38F2N2O3/c21-14-7-1-5-11-19(26)23-16-9-3-4-10-18(25)13-17-24-20(27)12-6-2-8-15-22/h18,25H,1-17H2,(H,23,26)(H,24,27). The Hall–Kier alpha value is -1.24. The van der Waals surface area contributed by atoms with Gasteiger partial charge in [0, 0.05) is 25.9 Å². The second kappa shape index (κ2) is 19.5. The van der Waals surface area contributed by atoms with Crippen LogP contribution in [0.25, 0.3) is 0 Å². The molecular formula is C20H38F2N2O3. The third-order valence-electron chi connectivity index (χ3n) is 4.41. The Bertz CT molecular complexity index is 371. The van der Waals surface area contributed by atoms with Crippen LogP contribution in [0.1, 0.15) is 83.5 Å². The van der Waals surface area contributed by atoms with E-state index in [0.29, 0.717) is 58.0 Å². The molecule has 0 aromatic heterocycles. The van der Waals surface area contributed by atoms with Crippen LogP contribution in [0, 0.1) is 0 Å². The first-order valence-electron chi connectivity index (χ1n) is 10.4. The van der Waals surface area contributed by atoms with Crippen molar-refractivity contribution in [3.05, 3.63) is 0 Å². The van der Waals surface area contributed by atoms with Gasteiger partial charge in [-0.05, 0) is 44.9 Å². The number of hydrogen-bond donors (Lipinski definition) is 3. The zero-order valence-corrected chi connectivity index (χ0v) is 16.6. The molecule has 0 radical (unpaired) electrons. The highest BCUT2D eigenvalue weighted by Crippen LogP contribution is 2.06. The number of aliphatic hydroxyl groups excluding tert-OH is 1. The summed E-state index contributed by atoms with van der Waals surface area (Å²) in [5.74, 6) is -0.0178. The third kappa shape index (κ3) is 19.3. The summed E-state index contributed by atoms with van der Waals surface area (Å²) >= 11 is 0. The SMILES string of the molecule is O=C(CCCCCF)NCCCCCC(O)CCNC(=O)CCCCCF. The third-order valence-corrected chi connectivity index (χ3v) is 4.41. The van der Waals surface area contributed by atoms with E-state index in [1.54, 1.807) is 0 Å². The molecule has 7 heteroatoms. The zero-order valence-electron chi connectivity index (χ0n) is 16.6. The molecule has 0 fully saturated rings. The maximum absolute atomic E-state index is 11.9. The van der Waals surface area contributed by atoms with Crippen molar-refractivity contribution < 1.29 is 23.5 Å². The predicted octanol–water partition coefficient (Wildman–Crippen LogP) is 3.59. The van der Waals surface area contributed by atoms with Crippen LogP contribution in [0.4, 0.5) is 8.78 Å². The smallest absolute Gasteiger partial charge is 0.219 e. The maximum atomic E-state index is 11.9. The van der Waals surface area contributed by atoms with Gasteiger partial charge in [0.25, 0.3) is 0 Å². The van der Waals surface area contributed by atoms with Gasteiger partial charge in [0.1, 0.15) is 0 Å². The number of nitrogens with one attached hydrogen (secondary N) is 2. The predicted molar refractivity (Wildman–Crippen MR) is 104 cm³/mol. The second-order valence-corrected chi connectivity index (χ2v) is 6.99. The first kappa shape index (κ1) is 25.8. The van der Waals surface area contributed by atoms with Gasteiger partial charge in [-0.25, -0.2) is 0 Å². The minimum absolute atomic E-state index is 0.0225. The lowest BCUT2D eigenvalue weighted by Gasteiger charge is -2.11. The first-order valence-corrected chi connectivity index (χ1v) is 10.4. The Kier molecular flexibility index (Phi) is 18.6. The summed E-state index contributed by atoms with van der Waals surface area (Å²) < 4.78 is 23.8. The molecule has 0 rings (SSSR count). The number of halogens is 2. The van der Waals surface area contributed by atoms with E-state index >= 15 is 0 Å². The molecule has 0 heterocycles. The molecular weight excluding hydrogens is 354 g/mol. The van der Waals surface area contributed by atoms with Crippen LogP contribution in [0.3, 0.4) is 0 Å². The van der Waals surface area contributed by atoms with Crippen molar-refractivity contribution in [2.45, 2.75) is 89.6 Å². The quantitative estimate of drug-likeness (QED) is 0.294. The number of unbranched alkanes of at least 4 members (excludes halogenated alkanes) is 6. The van der Waals surface area contributed by atoms with E-state index in [0.717, 1.165) is 38.5 Å². The van der Waals surface area contributed by atoms with E-state index in [9.17, 15) is 23.5 Å². The number of carbonyl (C=O) groups excluding carboxylic acids is 2. The van der Waals surface area contributed by atoms with E-state index < -0.39 is 6.10 Å². The average molecular weight is 393 g/mol. The molecule has 0 aromatic rings. The summed E-state index contributed by atoms with van der Waals surface area (Å²) in [6.45, 7) is 0.446. The Labute approximate surface area is 162 Å². The van der Waals surface area contributed by atoms with Gasteiger partial charge in [0.05, 0.1) is 19.5 Å². The lowest BCUT2D eigenvalue weighted by Crippen LogP contribution is -2.27. The highest BCUT2D eigenvalue weighted by Gasteiger charge is 2.06. The Morgan fingerprint density at radius 2 is 1.19 bits per heavy atom. The van der Waals surface area contributed by atoms with Crippen molar-refractivity contribution in [2.24, 2.45) is 0 Å². The minimum Gasteiger partial charge on any atom is -0.393 e. The zero-order chi connectivity index (χ0) is 20.2. The van der Waals surface area contributed by atoms with E-state index in [1.165, 1.54) is 0 Å². The molecule has 1 unspecified atom stereocenters. The molecule has 0 aliphatic carbocycles. The molecule has 0 bridgehead atoms. The molecule has 3 N–H and O–H groups in total. The summed E-state index contributed by atoms with van der Waals surface area (Å²) in [6, 6.07) is 0. The second-order valence-electron chi connectivity index (χ2n) is 6.99. The summed E-state index contributed by atoms with van der Waals surface area (Å²) in [7, 11) is 0. The normalized spacial score (nSPS) is 12.0. The van der Waals surface area contributed by atoms with Crippen LogP contribution in [0.2, 0.25) is 0 Å². The molecule has 0 saturated carbocycles. The highest BCUT2D eigenvalue weighted by atomic mass is 19.1. The van der Waals surface area contributed by atoms with Crippen LogP contribution in [-0.4, -0.2) is 49.5 Å². The fourth-order valence-corrected chi connectivity index (χ4v) is 2.72. The largest absolute Gasteiger partial charge is 0.393 e. The Morgan fingerprint density at radius 3 is 1.74 bits per heavy atom. The highest BCUT2D eigenvalue weighted by molar-refractivity contribution is 5.76. The molecule has 0 aromatic carbocycles. The molecule has 27 heavy (non-hydrogen) atoms. The summed E-state index contributed by atoms with van der Waals surface area (Å²) in [6.07, 6.45) is 8.30. The number of carbonyl (C=O) groups is 2. The summed E-state index contributed by atoms with van der Waals surface area (Å²) in [5, 5.41) is 15.5. The van der Waals surface area contributed by atoms with Gasteiger partial charge in [0.2, 0.25) is 11.8 Å². The fraction of sp³-hybridized carbons (Fsp3) is 0.900. The van der Waals surface area contributed by atoms with Crippen molar-refractivity contribution in [3.63, 3.8) is 0 Å². The molecule has 0 aliphatic rings. The van der Waals surface area contributed by atoms with Crippen LogP contribution in [0.15, 0.2) is 0 Å². The van der Waals surface area contributed by atoms with Crippen molar-refractivity contribution in [1.82, 2.24) is 10.6 Å². The molecule has 160 valence electrons. The van der Waals surface area contributed by atoms with E-state index in [4.69, 9.17) is 0 Å². The van der Waals surface area contributed by atoms with Gasteiger partial charge >= 0.3 is 0 Å². The summed E-state index contributed by atoms with van der Waals surface area (Å²) in [4.78, 5) is 23.1. The summed E-state index contributed by atoms with van der Waals surface area (Å²) in [5.41, 5.74) is 0. The molecule has 0 saturated heterocycles. The van der Waals surface area contributed by atoms with Crippen LogP contribution >= 0.6 is 0 Å². The van der Waals surface area contributed by atoms with E-state index in [1.807, 2.05) is 0 Å². The lowest BCUT2D eigenvalue weighted by atomic mass is 10.1. The number of hydrogen-bond acceptors (Lipinski definition) is 3. The Balaban J connectivity index is 3.39. The minimum atomic E-state index is -0.429. The number of rotatable bonds is 19. The van der Waals surface area contributed by atoms with Gasteiger partial charge in [-0.15, -0.1) is 0 Å². The van der Waals surface area contributed by atoms with Crippen molar-refractivity contribution in [1.29, 1.82) is 0 Å². The van der Waals surface area contributed by atoms with Gasteiger partial charge in [-0.3, -0.25) is 18.4 Å². The molecule has 0 aliphatic heterocycles. The van der Waals surface area contributed by atoms with Crippen molar-refractivity contribution in [3.8, 4) is 0 Å². The van der Waals surface area contributed by atoms with Crippen LogP contribution in [0.5, 0.6) is 0 Å². The van der Waals surface area contributed by atoms with E-state index in [2.05, 4.69) is 10.6 Å². The average Bonchev–Trinajstić information content (AvgIpc) is 2.65. The van der Waals surface area contributed by atoms with Gasteiger partial charge in [0.15, 0.2) is 0 Å². The van der Waals surface area contributed by atoms with Gasteiger partial charge in [-0.1, -0.05) is 25.7 Å². The number of aliphatic hydroxyl groups is 1. The lowest BCUT2D eigenvalue weighted by molar-refractivity contribution is -0.122. The van der Waals surface area contributed by atoms with Crippen molar-refractivity contribution >= 4 is 11.8 Å². The Morgan fingerprint density at radius 1 is 0.667 bits per heavy atom. The topological polar surface area (TPSA) is 78.4 Å². The fourth-order valence-electron chi connectivity index (χ4n) is 2.72.